The minimum Gasteiger partial charge on any atom is -0.466 e. The molecule has 1 saturated heterocycles. The molecule has 2 unspecified atom stereocenters. The Morgan fingerprint density at radius 1 is 1.39 bits per heavy atom. The van der Waals surface area contributed by atoms with Crippen LogP contribution in [-0.2, 0) is 26.3 Å². The summed E-state index contributed by atoms with van der Waals surface area (Å²) in [5, 5.41) is -1.38. The maximum Gasteiger partial charge on any atom is 0.357 e. The zero-order valence-corrected chi connectivity index (χ0v) is 11.6. The van der Waals surface area contributed by atoms with Crippen LogP contribution < -0.4 is 0 Å². The maximum absolute atomic E-state index is 11.6. The van der Waals surface area contributed by atoms with Gasteiger partial charge in [0.15, 0.2) is 0 Å². The minimum atomic E-state index is -1.38. The van der Waals surface area contributed by atoms with Crippen LogP contribution in [0.1, 0.15) is 31.4 Å². The highest BCUT2D eigenvalue weighted by molar-refractivity contribution is 6.35. The number of halogens is 1. The van der Waals surface area contributed by atoms with Crippen LogP contribution in [0.25, 0.3) is 0 Å². The summed E-state index contributed by atoms with van der Waals surface area (Å²) in [6, 6.07) is 8.00. The van der Waals surface area contributed by atoms with E-state index in [1.807, 2.05) is 24.3 Å². The molecule has 2 atom stereocenters. The average molecular weight is 269 g/mol. The Hall–Kier alpha value is -1.06. The molecule has 0 aliphatic carbocycles. The lowest BCUT2D eigenvalue weighted by Crippen LogP contribution is -2.26. The van der Waals surface area contributed by atoms with Gasteiger partial charge in [0.1, 0.15) is 5.60 Å². The Morgan fingerprint density at radius 2 is 2.00 bits per heavy atom. The average Bonchev–Trinajstić information content (AvgIpc) is 2.95. The summed E-state index contributed by atoms with van der Waals surface area (Å²) in [7, 11) is 1.30. The molecule has 0 amide bonds. The molecule has 18 heavy (non-hydrogen) atoms. The van der Waals surface area contributed by atoms with E-state index >= 15 is 0 Å². The van der Waals surface area contributed by atoms with Crippen LogP contribution in [0.4, 0.5) is 0 Å². The summed E-state index contributed by atoms with van der Waals surface area (Å²) in [6.07, 6.45) is 2.15. The molecule has 98 valence electrons. The molecular weight excluding hydrogens is 252 g/mol. The molecule has 0 spiro atoms. The van der Waals surface area contributed by atoms with E-state index in [0.717, 1.165) is 18.4 Å². The summed E-state index contributed by atoms with van der Waals surface area (Å²) < 4.78 is 10.1. The first-order valence-corrected chi connectivity index (χ1v) is 6.42. The molecule has 2 rings (SSSR count). The van der Waals surface area contributed by atoms with Gasteiger partial charge in [0.25, 0.3) is 5.06 Å². The first kappa shape index (κ1) is 13.4. The van der Waals surface area contributed by atoms with Gasteiger partial charge in [0.05, 0.1) is 7.11 Å². The molecule has 4 heteroatoms. The fraction of sp³-hybridized carbons (Fsp3) is 0.500. The third-order valence-electron chi connectivity index (χ3n) is 3.41. The quantitative estimate of drug-likeness (QED) is 0.479. The molecule has 1 fully saturated rings. The Morgan fingerprint density at radius 3 is 2.50 bits per heavy atom. The predicted octanol–water partition coefficient (Wildman–Crippen LogP) is 2.99. The van der Waals surface area contributed by atoms with Crippen molar-refractivity contribution in [1.29, 1.82) is 0 Å². The van der Waals surface area contributed by atoms with Crippen LogP contribution in [0, 0.1) is 0 Å². The van der Waals surface area contributed by atoms with Crippen molar-refractivity contribution in [3.05, 3.63) is 35.4 Å². The summed E-state index contributed by atoms with van der Waals surface area (Å²) in [5.41, 5.74) is 1.36. The zero-order valence-electron chi connectivity index (χ0n) is 10.8. The highest BCUT2D eigenvalue weighted by atomic mass is 35.5. The lowest BCUT2D eigenvalue weighted by Gasteiger charge is -2.10. The van der Waals surface area contributed by atoms with Gasteiger partial charge in [-0.1, -0.05) is 49.2 Å². The molecule has 0 bridgehead atoms. The molecule has 1 aliphatic rings. The second-order valence-electron chi connectivity index (χ2n) is 4.67. The van der Waals surface area contributed by atoms with Gasteiger partial charge in [-0.3, -0.25) is 0 Å². The van der Waals surface area contributed by atoms with Crippen LogP contribution in [0.3, 0.4) is 0 Å². The van der Waals surface area contributed by atoms with Gasteiger partial charge >= 0.3 is 5.97 Å². The Labute approximate surface area is 112 Å². The minimum absolute atomic E-state index is 0.552. The molecule has 0 N–H and O–H groups in total. The van der Waals surface area contributed by atoms with Crippen molar-refractivity contribution in [1.82, 2.24) is 0 Å². The van der Waals surface area contributed by atoms with E-state index in [-0.39, 0.29) is 0 Å². The third-order valence-corrected chi connectivity index (χ3v) is 4.00. The monoisotopic (exact) mass is 268 g/mol. The number of aryl methyl sites for hydroxylation is 1. The van der Waals surface area contributed by atoms with Crippen molar-refractivity contribution in [2.24, 2.45) is 0 Å². The first-order valence-electron chi connectivity index (χ1n) is 6.05. The first-order chi connectivity index (χ1) is 8.48. The van der Waals surface area contributed by atoms with Crippen molar-refractivity contribution in [3.63, 3.8) is 0 Å². The zero-order chi connectivity index (χ0) is 13.4. The smallest absolute Gasteiger partial charge is 0.357 e. The number of hydrogen-bond donors (Lipinski definition) is 0. The SMILES string of the molecule is CCCc1ccc(C2(C)OC2(Cl)C(=O)OC)cc1. The fourth-order valence-corrected chi connectivity index (χ4v) is 2.49. The van der Waals surface area contributed by atoms with E-state index < -0.39 is 16.6 Å². The van der Waals surface area contributed by atoms with Crippen molar-refractivity contribution in [2.45, 2.75) is 37.4 Å². The summed E-state index contributed by atoms with van der Waals surface area (Å²) in [4.78, 5) is 11.6. The fourth-order valence-electron chi connectivity index (χ4n) is 2.15. The van der Waals surface area contributed by atoms with E-state index in [4.69, 9.17) is 16.3 Å². The highest BCUT2D eigenvalue weighted by Gasteiger charge is 2.73. The number of ether oxygens (including phenoxy) is 2. The van der Waals surface area contributed by atoms with Crippen molar-refractivity contribution >= 4 is 17.6 Å². The van der Waals surface area contributed by atoms with Gasteiger partial charge in [-0.05, 0) is 24.5 Å². The van der Waals surface area contributed by atoms with Gasteiger partial charge in [-0.25, -0.2) is 4.79 Å². The van der Waals surface area contributed by atoms with Crippen LogP contribution in [-0.4, -0.2) is 18.1 Å². The standard InChI is InChI=1S/C14H17ClO3/c1-4-5-10-6-8-11(9-7-10)13(2)14(15,18-13)12(16)17-3/h6-9H,4-5H2,1-3H3. The van der Waals surface area contributed by atoms with E-state index in [9.17, 15) is 4.79 Å². The van der Waals surface area contributed by atoms with Gasteiger partial charge < -0.3 is 9.47 Å². The summed E-state index contributed by atoms with van der Waals surface area (Å²) in [6.45, 7) is 3.94. The molecule has 0 aromatic heterocycles. The third kappa shape index (κ3) is 1.91. The topological polar surface area (TPSA) is 38.8 Å². The molecule has 1 aliphatic heterocycles. The number of hydrogen-bond acceptors (Lipinski definition) is 3. The van der Waals surface area contributed by atoms with E-state index in [2.05, 4.69) is 11.7 Å². The number of methoxy groups -OCH3 is 1. The lowest BCUT2D eigenvalue weighted by atomic mass is 9.95. The van der Waals surface area contributed by atoms with E-state index in [0.29, 0.717) is 0 Å². The van der Waals surface area contributed by atoms with Crippen LogP contribution in [0.5, 0.6) is 0 Å². The van der Waals surface area contributed by atoms with Crippen molar-refractivity contribution in [2.75, 3.05) is 7.11 Å². The number of rotatable bonds is 4. The Balaban J connectivity index is 2.21. The lowest BCUT2D eigenvalue weighted by molar-refractivity contribution is -0.143. The number of benzene rings is 1. The maximum atomic E-state index is 11.6. The van der Waals surface area contributed by atoms with Crippen LogP contribution >= 0.6 is 11.6 Å². The van der Waals surface area contributed by atoms with E-state index in [1.165, 1.54) is 12.7 Å². The summed E-state index contributed by atoms with van der Waals surface area (Å²) >= 11 is 6.14. The molecule has 1 aromatic rings. The second kappa shape index (κ2) is 4.56. The highest BCUT2D eigenvalue weighted by Crippen LogP contribution is 2.58. The Kier molecular flexibility index (Phi) is 3.39. The van der Waals surface area contributed by atoms with Crippen molar-refractivity contribution < 1.29 is 14.3 Å². The Bertz CT molecular complexity index is 457. The number of carbonyl (C=O) groups is 1. The summed E-state index contributed by atoms with van der Waals surface area (Å²) in [5.74, 6) is -0.552. The molecule has 3 nitrogen and oxygen atoms in total. The van der Waals surface area contributed by atoms with Gasteiger partial charge in [-0.2, -0.15) is 0 Å². The van der Waals surface area contributed by atoms with Crippen LogP contribution in [0.15, 0.2) is 24.3 Å². The number of esters is 1. The van der Waals surface area contributed by atoms with Gasteiger partial charge in [-0.15, -0.1) is 0 Å². The number of alkyl halides is 1. The number of carbonyl (C=O) groups excluding carboxylic acids is 1. The normalized spacial score (nSPS) is 30.0. The molecule has 0 saturated carbocycles. The van der Waals surface area contributed by atoms with Crippen LogP contribution in [0.2, 0.25) is 0 Å². The largest absolute Gasteiger partial charge is 0.466 e. The van der Waals surface area contributed by atoms with E-state index in [1.54, 1.807) is 6.92 Å². The van der Waals surface area contributed by atoms with Crippen molar-refractivity contribution in [3.8, 4) is 0 Å². The van der Waals surface area contributed by atoms with Gasteiger partial charge in [0.2, 0.25) is 0 Å². The molecule has 1 aromatic carbocycles. The number of epoxide rings is 1. The van der Waals surface area contributed by atoms with Gasteiger partial charge in [0, 0.05) is 0 Å². The molecule has 0 radical (unpaired) electrons. The second-order valence-corrected chi connectivity index (χ2v) is 5.20. The molecular formula is C14H17ClO3. The predicted molar refractivity (Wildman–Crippen MR) is 69.5 cm³/mol. The molecule has 1 heterocycles.